The van der Waals surface area contributed by atoms with Crippen LogP contribution in [0.4, 0.5) is 0 Å². The van der Waals surface area contributed by atoms with Gasteiger partial charge in [0.1, 0.15) is 6.04 Å². The lowest BCUT2D eigenvalue weighted by molar-refractivity contribution is -0.127. The standard InChI is InChI=1S/C23H32N4O4S/c1-14(2)20(23-25-21(26-31-23)17-6-7-17)24-22(28)18-9-11-27(12-10-18)32(29,30)19-8-5-15(3)16(4)13-19/h5,8,13-14,17-18,20H,6-7,9-12H2,1-4H3,(H,24,28). The third kappa shape index (κ3) is 4.73. The smallest absolute Gasteiger partial charge is 0.249 e. The molecule has 1 saturated heterocycles. The molecule has 2 aliphatic rings. The molecular formula is C23H32N4O4S. The molecule has 2 heterocycles. The zero-order chi connectivity index (χ0) is 23.0. The van der Waals surface area contributed by atoms with E-state index >= 15 is 0 Å². The van der Waals surface area contributed by atoms with Crippen LogP contribution in [0.15, 0.2) is 27.6 Å². The van der Waals surface area contributed by atoms with Gasteiger partial charge < -0.3 is 9.84 Å². The lowest BCUT2D eigenvalue weighted by Gasteiger charge is -2.31. The van der Waals surface area contributed by atoms with Crippen molar-refractivity contribution in [2.24, 2.45) is 11.8 Å². The molecule has 1 aromatic heterocycles. The zero-order valence-electron chi connectivity index (χ0n) is 19.2. The lowest BCUT2D eigenvalue weighted by Crippen LogP contribution is -2.44. The Balaban J connectivity index is 1.38. The number of nitrogens with one attached hydrogen (secondary N) is 1. The van der Waals surface area contributed by atoms with E-state index in [9.17, 15) is 13.2 Å². The predicted octanol–water partition coefficient (Wildman–Crippen LogP) is 3.48. The minimum atomic E-state index is -3.56. The van der Waals surface area contributed by atoms with E-state index in [0.717, 1.165) is 29.8 Å². The Morgan fingerprint density at radius 2 is 1.81 bits per heavy atom. The Hall–Kier alpha value is -2.26. The van der Waals surface area contributed by atoms with E-state index < -0.39 is 10.0 Å². The SMILES string of the molecule is Cc1ccc(S(=O)(=O)N2CCC(C(=O)NC(c3nc(C4CC4)no3)C(C)C)CC2)cc1C. The molecule has 0 spiro atoms. The van der Waals surface area contributed by atoms with Gasteiger partial charge >= 0.3 is 0 Å². The van der Waals surface area contributed by atoms with Crippen molar-refractivity contribution in [3.05, 3.63) is 41.0 Å². The van der Waals surface area contributed by atoms with Gasteiger partial charge in [-0.25, -0.2) is 8.42 Å². The molecule has 32 heavy (non-hydrogen) atoms. The molecule has 1 amide bonds. The van der Waals surface area contributed by atoms with E-state index in [1.165, 1.54) is 4.31 Å². The van der Waals surface area contributed by atoms with Crippen molar-refractivity contribution in [3.63, 3.8) is 0 Å². The van der Waals surface area contributed by atoms with E-state index in [1.807, 2.05) is 33.8 Å². The van der Waals surface area contributed by atoms with Gasteiger partial charge in [0.05, 0.1) is 4.90 Å². The average Bonchev–Trinajstić information content (AvgIpc) is 3.50. The summed E-state index contributed by atoms with van der Waals surface area (Å²) in [5.41, 5.74) is 2.01. The summed E-state index contributed by atoms with van der Waals surface area (Å²) in [6, 6.07) is 4.86. The van der Waals surface area contributed by atoms with Crippen molar-refractivity contribution in [2.75, 3.05) is 13.1 Å². The molecular weight excluding hydrogens is 428 g/mol. The van der Waals surface area contributed by atoms with Gasteiger partial charge in [-0.15, -0.1) is 0 Å². The molecule has 2 fully saturated rings. The summed E-state index contributed by atoms with van der Waals surface area (Å²) >= 11 is 0. The number of sulfonamides is 1. The van der Waals surface area contributed by atoms with Crippen LogP contribution in [0.1, 0.15) is 74.3 Å². The third-order valence-electron chi connectivity index (χ3n) is 6.57. The van der Waals surface area contributed by atoms with Crippen LogP contribution < -0.4 is 5.32 Å². The molecule has 1 aromatic carbocycles. The van der Waals surface area contributed by atoms with Crippen LogP contribution >= 0.6 is 0 Å². The van der Waals surface area contributed by atoms with Gasteiger partial charge in [0, 0.05) is 24.9 Å². The molecule has 8 nitrogen and oxygen atoms in total. The monoisotopic (exact) mass is 460 g/mol. The maximum Gasteiger partial charge on any atom is 0.249 e. The average molecular weight is 461 g/mol. The number of hydrogen-bond donors (Lipinski definition) is 1. The molecule has 1 aliphatic heterocycles. The molecule has 2 aromatic rings. The first-order valence-electron chi connectivity index (χ1n) is 11.4. The second-order valence-corrected chi connectivity index (χ2v) is 11.4. The molecule has 1 aliphatic carbocycles. The number of aryl methyl sites for hydroxylation is 2. The number of carbonyl (C=O) groups excluding carboxylic acids is 1. The van der Waals surface area contributed by atoms with Crippen LogP contribution in [0.3, 0.4) is 0 Å². The quantitative estimate of drug-likeness (QED) is 0.678. The summed E-state index contributed by atoms with van der Waals surface area (Å²) in [6.45, 7) is 8.53. The van der Waals surface area contributed by atoms with Crippen molar-refractivity contribution in [1.29, 1.82) is 0 Å². The fourth-order valence-electron chi connectivity index (χ4n) is 4.05. The first kappa shape index (κ1) is 22.9. The molecule has 1 atom stereocenters. The maximum absolute atomic E-state index is 13.0. The Labute approximate surface area is 189 Å². The zero-order valence-corrected chi connectivity index (χ0v) is 20.0. The maximum atomic E-state index is 13.0. The predicted molar refractivity (Wildman–Crippen MR) is 119 cm³/mol. The Morgan fingerprint density at radius 3 is 2.41 bits per heavy atom. The number of piperidine rings is 1. The van der Waals surface area contributed by atoms with Crippen molar-refractivity contribution in [1.82, 2.24) is 19.8 Å². The first-order valence-corrected chi connectivity index (χ1v) is 12.8. The molecule has 1 saturated carbocycles. The second kappa shape index (κ2) is 8.94. The van der Waals surface area contributed by atoms with E-state index in [2.05, 4.69) is 15.5 Å². The van der Waals surface area contributed by atoms with Crippen LogP contribution in [0.2, 0.25) is 0 Å². The number of amides is 1. The highest BCUT2D eigenvalue weighted by atomic mass is 32.2. The number of rotatable bonds is 7. The molecule has 9 heteroatoms. The van der Waals surface area contributed by atoms with Gasteiger partial charge in [-0.3, -0.25) is 4.79 Å². The van der Waals surface area contributed by atoms with Crippen LogP contribution in [0, 0.1) is 25.7 Å². The second-order valence-electron chi connectivity index (χ2n) is 9.42. The summed E-state index contributed by atoms with van der Waals surface area (Å²) in [5.74, 6) is 1.33. The Kier molecular flexibility index (Phi) is 6.40. The fourth-order valence-corrected chi connectivity index (χ4v) is 5.60. The summed E-state index contributed by atoms with van der Waals surface area (Å²) in [4.78, 5) is 17.8. The van der Waals surface area contributed by atoms with Crippen molar-refractivity contribution in [3.8, 4) is 0 Å². The highest BCUT2D eigenvalue weighted by Gasteiger charge is 2.35. The van der Waals surface area contributed by atoms with Gasteiger partial charge in [-0.1, -0.05) is 25.1 Å². The first-order chi connectivity index (χ1) is 15.2. The minimum Gasteiger partial charge on any atom is -0.344 e. The number of hydrogen-bond acceptors (Lipinski definition) is 6. The Morgan fingerprint density at radius 1 is 1.12 bits per heavy atom. The topological polar surface area (TPSA) is 105 Å². The molecule has 0 bridgehead atoms. The molecule has 0 radical (unpaired) electrons. The van der Waals surface area contributed by atoms with Crippen LogP contribution in [0.25, 0.3) is 0 Å². The fraction of sp³-hybridized carbons (Fsp3) is 0.609. The minimum absolute atomic E-state index is 0.0851. The summed E-state index contributed by atoms with van der Waals surface area (Å²) in [7, 11) is -3.56. The van der Waals surface area contributed by atoms with Crippen LogP contribution in [-0.2, 0) is 14.8 Å². The van der Waals surface area contributed by atoms with Gasteiger partial charge in [0.15, 0.2) is 5.82 Å². The molecule has 1 unspecified atom stereocenters. The third-order valence-corrected chi connectivity index (χ3v) is 8.47. The summed E-state index contributed by atoms with van der Waals surface area (Å²) in [5, 5.41) is 7.14. The number of aromatic nitrogens is 2. The molecule has 4 rings (SSSR count). The molecule has 174 valence electrons. The van der Waals surface area contributed by atoms with E-state index in [0.29, 0.717) is 42.6 Å². The van der Waals surface area contributed by atoms with E-state index in [4.69, 9.17) is 4.52 Å². The largest absolute Gasteiger partial charge is 0.344 e. The van der Waals surface area contributed by atoms with Crippen molar-refractivity contribution in [2.45, 2.75) is 70.2 Å². The van der Waals surface area contributed by atoms with Gasteiger partial charge in [-0.05, 0) is 68.7 Å². The number of nitrogens with zero attached hydrogens (tertiary/aromatic N) is 3. The highest BCUT2D eigenvalue weighted by Crippen LogP contribution is 2.38. The van der Waals surface area contributed by atoms with Gasteiger partial charge in [-0.2, -0.15) is 9.29 Å². The lowest BCUT2D eigenvalue weighted by atomic mass is 9.95. The van der Waals surface area contributed by atoms with E-state index in [-0.39, 0.29) is 23.8 Å². The summed E-state index contributed by atoms with van der Waals surface area (Å²) in [6.07, 6.45) is 3.14. The number of carbonyl (C=O) groups is 1. The normalized spacial score (nSPS) is 19.3. The molecule has 1 N–H and O–H groups in total. The van der Waals surface area contributed by atoms with Gasteiger partial charge in [0.25, 0.3) is 0 Å². The number of benzene rings is 1. The van der Waals surface area contributed by atoms with E-state index in [1.54, 1.807) is 12.1 Å². The Bertz CT molecular complexity index is 1080. The highest BCUT2D eigenvalue weighted by molar-refractivity contribution is 7.89. The van der Waals surface area contributed by atoms with Crippen molar-refractivity contribution >= 4 is 15.9 Å². The van der Waals surface area contributed by atoms with Crippen LogP contribution in [-0.4, -0.2) is 41.9 Å². The van der Waals surface area contributed by atoms with Crippen molar-refractivity contribution < 1.29 is 17.7 Å². The summed E-state index contributed by atoms with van der Waals surface area (Å²) < 4.78 is 33.0. The van der Waals surface area contributed by atoms with Crippen LogP contribution in [0.5, 0.6) is 0 Å². The van der Waals surface area contributed by atoms with Gasteiger partial charge in [0.2, 0.25) is 21.8 Å².